The molecule has 120 valence electrons. The lowest BCUT2D eigenvalue weighted by atomic mass is 10.1. The van der Waals surface area contributed by atoms with Gasteiger partial charge in [0.05, 0.1) is 10.5 Å². The second-order valence-corrected chi connectivity index (χ2v) is 7.51. The summed E-state index contributed by atoms with van der Waals surface area (Å²) in [5.41, 5.74) is 1.59. The van der Waals surface area contributed by atoms with Crippen LogP contribution in [0.4, 0.5) is 13.2 Å². The fraction of sp³-hybridized carbons (Fsp3) is 0.467. The topological polar surface area (TPSA) is 37.4 Å². The minimum atomic E-state index is -4.68. The maximum Gasteiger partial charge on any atom is 0.417 e. The zero-order valence-electron chi connectivity index (χ0n) is 11.9. The number of hydrogen-bond donors (Lipinski definition) is 0. The molecule has 0 unspecified atom stereocenters. The SMILES string of the molecule is O=S(=O)(c1ccccc1C(F)(F)F)N1CCC(=C2CC2)CC1. The second-order valence-electron chi connectivity index (χ2n) is 5.61. The Balaban J connectivity index is 1.89. The molecule has 3 rings (SSSR count). The van der Waals surface area contributed by atoms with Gasteiger partial charge in [-0.25, -0.2) is 8.42 Å². The Bertz CT molecular complexity index is 707. The molecule has 1 aliphatic carbocycles. The van der Waals surface area contributed by atoms with E-state index in [1.807, 2.05) is 0 Å². The van der Waals surface area contributed by atoms with E-state index in [-0.39, 0.29) is 13.1 Å². The Labute approximate surface area is 127 Å². The van der Waals surface area contributed by atoms with Crippen molar-refractivity contribution < 1.29 is 21.6 Å². The average molecular weight is 331 g/mol. The summed E-state index contributed by atoms with van der Waals surface area (Å²) in [7, 11) is -4.11. The van der Waals surface area contributed by atoms with E-state index in [0.29, 0.717) is 12.8 Å². The normalized spacial score (nSPS) is 20.3. The summed E-state index contributed by atoms with van der Waals surface area (Å²) in [6, 6.07) is 4.37. The Morgan fingerprint density at radius 2 is 1.45 bits per heavy atom. The van der Waals surface area contributed by atoms with Gasteiger partial charge < -0.3 is 0 Å². The van der Waals surface area contributed by atoms with Crippen LogP contribution in [0.2, 0.25) is 0 Å². The molecule has 7 heteroatoms. The number of rotatable bonds is 2. The standard InChI is InChI=1S/C15H16F3NO2S/c16-15(17,18)13-3-1-2-4-14(13)22(20,21)19-9-7-12(8-10-19)11-5-6-11/h1-4H,5-10H2. The molecule has 1 aliphatic heterocycles. The van der Waals surface area contributed by atoms with Crippen LogP contribution >= 0.6 is 0 Å². The molecule has 1 aromatic rings. The van der Waals surface area contributed by atoms with E-state index in [1.54, 1.807) is 0 Å². The Kier molecular flexibility index (Phi) is 3.81. The van der Waals surface area contributed by atoms with Gasteiger partial charge in [-0.15, -0.1) is 0 Å². The van der Waals surface area contributed by atoms with E-state index < -0.39 is 26.7 Å². The number of piperidine rings is 1. The molecule has 0 atom stereocenters. The van der Waals surface area contributed by atoms with Crippen LogP contribution in [0.25, 0.3) is 0 Å². The van der Waals surface area contributed by atoms with Crippen molar-refractivity contribution >= 4 is 10.0 Å². The van der Waals surface area contributed by atoms with E-state index in [4.69, 9.17) is 0 Å². The summed E-state index contributed by atoms with van der Waals surface area (Å²) in [5, 5.41) is 0. The first-order valence-corrected chi connectivity index (χ1v) is 8.60. The van der Waals surface area contributed by atoms with Gasteiger partial charge in [0.15, 0.2) is 0 Å². The van der Waals surface area contributed by atoms with Gasteiger partial charge >= 0.3 is 6.18 Å². The first-order valence-electron chi connectivity index (χ1n) is 7.16. The number of allylic oxidation sites excluding steroid dienone is 1. The van der Waals surface area contributed by atoms with Gasteiger partial charge in [0, 0.05) is 13.1 Å². The zero-order valence-corrected chi connectivity index (χ0v) is 12.7. The number of halogens is 3. The van der Waals surface area contributed by atoms with Crippen molar-refractivity contribution in [3.63, 3.8) is 0 Å². The van der Waals surface area contributed by atoms with Crippen LogP contribution in [0, 0.1) is 0 Å². The number of alkyl halides is 3. The predicted molar refractivity (Wildman–Crippen MR) is 75.7 cm³/mol. The summed E-state index contributed by atoms with van der Waals surface area (Å²) < 4.78 is 65.4. The predicted octanol–water partition coefficient (Wildman–Crippen LogP) is 3.58. The van der Waals surface area contributed by atoms with Crippen LogP contribution in [0.15, 0.2) is 40.3 Å². The lowest BCUT2D eigenvalue weighted by Gasteiger charge is -2.28. The highest BCUT2D eigenvalue weighted by atomic mass is 32.2. The van der Waals surface area contributed by atoms with Gasteiger partial charge in [-0.2, -0.15) is 17.5 Å². The molecular weight excluding hydrogens is 315 g/mol. The van der Waals surface area contributed by atoms with Crippen LogP contribution in [0.3, 0.4) is 0 Å². The molecule has 0 bridgehead atoms. The number of hydrogen-bond acceptors (Lipinski definition) is 2. The van der Waals surface area contributed by atoms with Gasteiger partial charge in [-0.05, 0) is 37.8 Å². The van der Waals surface area contributed by atoms with Gasteiger partial charge in [0.2, 0.25) is 10.0 Å². The molecule has 2 fully saturated rings. The third-order valence-corrected chi connectivity index (χ3v) is 6.09. The molecule has 0 aromatic heterocycles. The summed E-state index contributed by atoms with van der Waals surface area (Å²) in [5.74, 6) is 0. The molecule has 0 N–H and O–H groups in total. The van der Waals surface area contributed by atoms with Crippen LogP contribution < -0.4 is 0 Å². The first kappa shape index (κ1) is 15.6. The van der Waals surface area contributed by atoms with Gasteiger partial charge in [0.25, 0.3) is 0 Å². The Morgan fingerprint density at radius 3 is 2.00 bits per heavy atom. The highest BCUT2D eigenvalue weighted by Gasteiger charge is 2.39. The van der Waals surface area contributed by atoms with Crippen molar-refractivity contribution in [3.05, 3.63) is 41.0 Å². The molecule has 0 radical (unpaired) electrons. The van der Waals surface area contributed by atoms with Gasteiger partial charge in [-0.1, -0.05) is 23.3 Å². The highest BCUT2D eigenvalue weighted by Crippen LogP contribution is 2.38. The van der Waals surface area contributed by atoms with Crippen molar-refractivity contribution in [2.45, 2.75) is 36.8 Å². The largest absolute Gasteiger partial charge is 0.417 e. The molecule has 3 nitrogen and oxygen atoms in total. The van der Waals surface area contributed by atoms with Crippen LogP contribution in [0.1, 0.15) is 31.2 Å². The van der Waals surface area contributed by atoms with Crippen LogP contribution in [-0.4, -0.2) is 25.8 Å². The molecule has 1 aromatic carbocycles. The fourth-order valence-corrected chi connectivity index (χ4v) is 4.48. The maximum atomic E-state index is 13.0. The Morgan fingerprint density at radius 1 is 0.909 bits per heavy atom. The maximum absolute atomic E-state index is 13.0. The molecule has 1 heterocycles. The smallest absolute Gasteiger partial charge is 0.207 e. The van der Waals surface area contributed by atoms with Crippen molar-refractivity contribution in [2.24, 2.45) is 0 Å². The minimum Gasteiger partial charge on any atom is -0.207 e. The third kappa shape index (κ3) is 2.92. The van der Waals surface area contributed by atoms with Crippen molar-refractivity contribution in [1.29, 1.82) is 0 Å². The van der Waals surface area contributed by atoms with Gasteiger partial charge in [0.1, 0.15) is 0 Å². The fourth-order valence-electron chi connectivity index (χ4n) is 2.83. The van der Waals surface area contributed by atoms with E-state index in [9.17, 15) is 21.6 Å². The number of benzene rings is 1. The molecule has 2 aliphatic rings. The molecule has 1 saturated carbocycles. The third-order valence-electron chi connectivity index (χ3n) is 4.14. The summed E-state index contributed by atoms with van der Waals surface area (Å²) in [6.07, 6.45) is -1.26. The first-order chi connectivity index (χ1) is 10.3. The lowest BCUT2D eigenvalue weighted by molar-refractivity contribution is -0.139. The van der Waals surface area contributed by atoms with Crippen molar-refractivity contribution in [3.8, 4) is 0 Å². The van der Waals surface area contributed by atoms with Crippen LogP contribution in [0.5, 0.6) is 0 Å². The van der Waals surface area contributed by atoms with E-state index in [2.05, 4.69) is 0 Å². The molecule has 0 amide bonds. The molecule has 0 spiro atoms. The van der Waals surface area contributed by atoms with Crippen molar-refractivity contribution in [1.82, 2.24) is 4.31 Å². The van der Waals surface area contributed by atoms with Crippen molar-refractivity contribution in [2.75, 3.05) is 13.1 Å². The number of sulfonamides is 1. The quantitative estimate of drug-likeness (QED) is 0.777. The average Bonchev–Trinajstić information content (AvgIpc) is 3.31. The van der Waals surface area contributed by atoms with E-state index >= 15 is 0 Å². The Hall–Kier alpha value is -1.34. The second kappa shape index (κ2) is 5.38. The summed E-state index contributed by atoms with van der Waals surface area (Å²) in [6.45, 7) is 0.515. The van der Waals surface area contributed by atoms with Crippen LogP contribution in [-0.2, 0) is 16.2 Å². The molecule has 22 heavy (non-hydrogen) atoms. The zero-order chi connectivity index (χ0) is 16.0. The molecule has 1 saturated heterocycles. The summed E-state index contributed by atoms with van der Waals surface area (Å²) >= 11 is 0. The monoisotopic (exact) mass is 331 g/mol. The number of nitrogens with zero attached hydrogens (tertiary/aromatic N) is 1. The molecular formula is C15H16F3NO2S. The minimum absolute atomic E-state index is 0.257. The lowest BCUT2D eigenvalue weighted by Crippen LogP contribution is -2.37. The van der Waals surface area contributed by atoms with E-state index in [1.165, 1.54) is 27.6 Å². The van der Waals surface area contributed by atoms with Gasteiger partial charge in [-0.3, -0.25) is 0 Å². The van der Waals surface area contributed by atoms with E-state index in [0.717, 1.165) is 25.0 Å². The highest BCUT2D eigenvalue weighted by molar-refractivity contribution is 7.89. The summed E-state index contributed by atoms with van der Waals surface area (Å²) in [4.78, 5) is -0.648.